The summed E-state index contributed by atoms with van der Waals surface area (Å²) in [5.41, 5.74) is 8.04. The van der Waals surface area contributed by atoms with Crippen molar-refractivity contribution in [3.05, 3.63) is 23.5 Å². The number of amides is 1. The Hall–Kier alpha value is -1.29. The van der Waals surface area contributed by atoms with Gasteiger partial charge in [-0.05, 0) is 45.4 Å². The third kappa shape index (κ3) is 3.23. The van der Waals surface area contributed by atoms with Crippen molar-refractivity contribution in [1.82, 2.24) is 9.47 Å². The molecule has 1 aliphatic heterocycles. The van der Waals surface area contributed by atoms with Crippen LogP contribution < -0.4 is 5.73 Å². The Morgan fingerprint density at radius 2 is 2.00 bits per heavy atom. The average Bonchev–Trinajstić information content (AvgIpc) is 2.81. The minimum atomic E-state index is 0.203. The molecular formula is C16H27N3O. The predicted octanol–water partition coefficient (Wildman–Crippen LogP) is 2.61. The number of nitrogens with two attached hydrogens (primary N) is 1. The van der Waals surface area contributed by atoms with Crippen LogP contribution in [0, 0.1) is 6.92 Å². The molecule has 0 saturated carbocycles. The zero-order valence-corrected chi connectivity index (χ0v) is 12.8. The molecule has 0 aliphatic carbocycles. The van der Waals surface area contributed by atoms with E-state index in [1.165, 1.54) is 11.4 Å². The van der Waals surface area contributed by atoms with Crippen molar-refractivity contribution in [3.8, 4) is 0 Å². The number of aromatic nitrogens is 1. The monoisotopic (exact) mass is 277 g/mol. The van der Waals surface area contributed by atoms with Crippen molar-refractivity contribution in [2.24, 2.45) is 5.73 Å². The number of rotatable bonds is 6. The number of carbonyl (C=O) groups is 1. The second-order valence-electron chi connectivity index (χ2n) is 5.77. The standard InChI is InChI=1S/C16H27N3O/c1-13-8-9-15-14(2)19(12-11-18(13)15)16(20)7-5-3-4-6-10-17/h8-9,14H,3-7,10-12,17H2,1-2H3. The van der Waals surface area contributed by atoms with Gasteiger partial charge in [0.1, 0.15) is 0 Å². The van der Waals surface area contributed by atoms with Gasteiger partial charge < -0.3 is 15.2 Å². The van der Waals surface area contributed by atoms with Gasteiger partial charge in [0.05, 0.1) is 6.04 Å². The van der Waals surface area contributed by atoms with Crippen molar-refractivity contribution in [1.29, 1.82) is 0 Å². The molecule has 4 heteroatoms. The number of nitrogens with zero attached hydrogens (tertiary/aromatic N) is 2. The van der Waals surface area contributed by atoms with Crippen LogP contribution in [0.4, 0.5) is 0 Å². The summed E-state index contributed by atoms with van der Waals surface area (Å²) in [6, 6.07) is 4.50. The number of fused-ring (bicyclic) bond motifs is 1. The van der Waals surface area contributed by atoms with Gasteiger partial charge in [0, 0.05) is 30.9 Å². The van der Waals surface area contributed by atoms with Crippen LogP contribution in [0.5, 0.6) is 0 Å². The molecule has 0 saturated heterocycles. The van der Waals surface area contributed by atoms with Crippen LogP contribution in [0.1, 0.15) is 56.5 Å². The van der Waals surface area contributed by atoms with Gasteiger partial charge in [-0.15, -0.1) is 0 Å². The van der Waals surface area contributed by atoms with E-state index in [2.05, 4.69) is 30.5 Å². The Morgan fingerprint density at radius 1 is 1.25 bits per heavy atom. The lowest BCUT2D eigenvalue weighted by molar-refractivity contribution is -0.134. The molecule has 112 valence electrons. The van der Waals surface area contributed by atoms with Crippen molar-refractivity contribution < 1.29 is 4.79 Å². The molecule has 20 heavy (non-hydrogen) atoms. The van der Waals surface area contributed by atoms with Crippen LogP contribution in [0.2, 0.25) is 0 Å². The fourth-order valence-electron chi connectivity index (χ4n) is 3.08. The van der Waals surface area contributed by atoms with Crippen LogP contribution in [0.3, 0.4) is 0 Å². The molecule has 0 radical (unpaired) electrons. The average molecular weight is 277 g/mol. The van der Waals surface area contributed by atoms with E-state index in [0.29, 0.717) is 12.3 Å². The van der Waals surface area contributed by atoms with E-state index >= 15 is 0 Å². The number of carbonyl (C=O) groups excluding carboxylic acids is 1. The number of hydrogen-bond acceptors (Lipinski definition) is 2. The Balaban J connectivity index is 1.86. The number of aryl methyl sites for hydroxylation is 1. The maximum Gasteiger partial charge on any atom is 0.223 e. The third-order valence-corrected chi connectivity index (χ3v) is 4.36. The van der Waals surface area contributed by atoms with E-state index in [4.69, 9.17) is 5.73 Å². The molecule has 0 bridgehead atoms. The quantitative estimate of drug-likeness (QED) is 0.813. The molecule has 0 fully saturated rings. The molecule has 2 rings (SSSR count). The highest BCUT2D eigenvalue weighted by Gasteiger charge is 2.27. The van der Waals surface area contributed by atoms with Crippen LogP contribution in [0.15, 0.2) is 12.1 Å². The summed E-state index contributed by atoms with van der Waals surface area (Å²) >= 11 is 0. The van der Waals surface area contributed by atoms with E-state index in [-0.39, 0.29) is 6.04 Å². The first-order valence-corrected chi connectivity index (χ1v) is 7.80. The molecule has 0 spiro atoms. The first-order valence-electron chi connectivity index (χ1n) is 7.80. The van der Waals surface area contributed by atoms with Gasteiger partial charge in [-0.2, -0.15) is 0 Å². The zero-order chi connectivity index (χ0) is 14.5. The van der Waals surface area contributed by atoms with Gasteiger partial charge in [0.2, 0.25) is 5.91 Å². The van der Waals surface area contributed by atoms with Crippen LogP contribution >= 0.6 is 0 Å². The Kier molecular flexibility index (Phi) is 5.24. The van der Waals surface area contributed by atoms with E-state index in [9.17, 15) is 4.79 Å². The van der Waals surface area contributed by atoms with Gasteiger partial charge >= 0.3 is 0 Å². The zero-order valence-electron chi connectivity index (χ0n) is 12.8. The highest BCUT2D eigenvalue weighted by atomic mass is 16.2. The summed E-state index contributed by atoms with van der Waals surface area (Å²) in [5, 5.41) is 0. The first kappa shape index (κ1) is 15.1. The molecule has 1 aliphatic rings. The van der Waals surface area contributed by atoms with E-state index < -0.39 is 0 Å². The summed E-state index contributed by atoms with van der Waals surface area (Å²) in [6.45, 7) is 6.79. The predicted molar refractivity (Wildman–Crippen MR) is 81.4 cm³/mol. The Bertz CT molecular complexity index is 453. The third-order valence-electron chi connectivity index (χ3n) is 4.36. The molecule has 1 atom stereocenters. The summed E-state index contributed by atoms with van der Waals surface area (Å²) in [6.07, 6.45) is 4.99. The summed E-state index contributed by atoms with van der Waals surface area (Å²) in [4.78, 5) is 14.4. The largest absolute Gasteiger partial charge is 0.345 e. The van der Waals surface area contributed by atoms with Crippen molar-refractivity contribution in [2.75, 3.05) is 13.1 Å². The lowest BCUT2D eigenvalue weighted by atomic mass is 10.1. The van der Waals surface area contributed by atoms with Gasteiger partial charge in [-0.25, -0.2) is 0 Å². The highest BCUT2D eigenvalue weighted by molar-refractivity contribution is 5.76. The molecule has 0 aromatic carbocycles. The lowest BCUT2D eigenvalue weighted by Gasteiger charge is -2.35. The first-order chi connectivity index (χ1) is 9.65. The van der Waals surface area contributed by atoms with Crippen LogP contribution in [0.25, 0.3) is 0 Å². The van der Waals surface area contributed by atoms with E-state index in [1.54, 1.807) is 0 Å². The number of unbranched alkanes of at least 4 members (excludes halogenated alkanes) is 3. The number of hydrogen-bond donors (Lipinski definition) is 1. The van der Waals surface area contributed by atoms with Gasteiger partial charge in [0.25, 0.3) is 0 Å². The maximum absolute atomic E-state index is 12.3. The molecule has 1 amide bonds. The van der Waals surface area contributed by atoms with Gasteiger partial charge in [-0.1, -0.05) is 12.8 Å². The van der Waals surface area contributed by atoms with E-state index in [0.717, 1.165) is 45.3 Å². The van der Waals surface area contributed by atoms with Gasteiger partial charge in [0.15, 0.2) is 0 Å². The Labute approximate surface area is 121 Å². The van der Waals surface area contributed by atoms with Crippen molar-refractivity contribution in [2.45, 2.75) is 58.5 Å². The minimum Gasteiger partial charge on any atom is -0.345 e. The van der Waals surface area contributed by atoms with Crippen LogP contribution in [-0.2, 0) is 11.3 Å². The fraction of sp³-hybridized carbons (Fsp3) is 0.688. The molecule has 4 nitrogen and oxygen atoms in total. The summed E-state index contributed by atoms with van der Waals surface area (Å²) < 4.78 is 2.33. The summed E-state index contributed by atoms with van der Waals surface area (Å²) in [7, 11) is 0. The topological polar surface area (TPSA) is 51.3 Å². The molecule has 2 heterocycles. The fourth-order valence-corrected chi connectivity index (χ4v) is 3.08. The van der Waals surface area contributed by atoms with Crippen molar-refractivity contribution >= 4 is 5.91 Å². The normalized spacial score (nSPS) is 18.1. The highest BCUT2D eigenvalue weighted by Crippen LogP contribution is 2.27. The molecule has 1 aromatic rings. The summed E-state index contributed by atoms with van der Waals surface area (Å²) in [5.74, 6) is 0.301. The lowest BCUT2D eigenvalue weighted by Crippen LogP contribution is -2.40. The van der Waals surface area contributed by atoms with Gasteiger partial charge in [-0.3, -0.25) is 4.79 Å². The molecule has 1 unspecified atom stereocenters. The SMILES string of the molecule is Cc1ccc2n1CCN(C(=O)CCCCCCN)C2C. The van der Waals surface area contributed by atoms with E-state index in [1.807, 2.05) is 4.90 Å². The second-order valence-corrected chi connectivity index (χ2v) is 5.77. The second kappa shape index (κ2) is 6.93. The minimum absolute atomic E-state index is 0.203. The molecule has 2 N–H and O–H groups in total. The molecule has 1 aromatic heterocycles. The maximum atomic E-state index is 12.3. The molecular weight excluding hydrogens is 250 g/mol. The van der Waals surface area contributed by atoms with Crippen LogP contribution in [-0.4, -0.2) is 28.5 Å². The van der Waals surface area contributed by atoms with Crippen molar-refractivity contribution in [3.63, 3.8) is 0 Å². The Morgan fingerprint density at radius 3 is 2.75 bits per heavy atom. The smallest absolute Gasteiger partial charge is 0.223 e.